The fourth-order valence-electron chi connectivity index (χ4n) is 0.966. The number of pyridine rings is 1. The second-order valence-electron chi connectivity index (χ2n) is 3.04. The van der Waals surface area contributed by atoms with E-state index < -0.39 is 7.12 Å². The quantitative estimate of drug-likeness (QED) is 0.601. The Morgan fingerprint density at radius 1 is 1.42 bits per heavy atom. The Kier molecular flexibility index (Phi) is 2.84. The van der Waals surface area contributed by atoms with Crippen LogP contribution in [0.3, 0.4) is 0 Å². The monoisotopic (exact) mass is 165 g/mol. The zero-order valence-electron chi connectivity index (χ0n) is 7.23. The van der Waals surface area contributed by atoms with Gasteiger partial charge in [0, 0.05) is 6.20 Å². The summed E-state index contributed by atoms with van der Waals surface area (Å²) in [7, 11) is -1.47. The Labute approximate surface area is 72.2 Å². The molecule has 0 atom stereocenters. The Bertz CT molecular complexity index is 240. The molecular formula is C8H12BNO2. The molecular weight excluding hydrogens is 153 g/mol. The maximum atomic E-state index is 8.82. The molecule has 2 N–H and O–H groups in total. The van der Waals surface area contributed by atoms with Crippen molar-refractivity contribution >= 4 is 12.7 Å². The topological polar surface area (TPSA) is 53.4 Å². The summed E-state index contributed by atoms with van der Waals surface area (Å²) in [4.78, 5) is 3.82. The summed E-state index contributed by atoms with van der Waals surface area (Å²) < 4.78 is 0. The van der Waals surface area contributed by atoms with E-state index in [-0.39, 0.29) is 0 Å². The number of hydrogen-bond acceptors (Lipinski definition) is 3. The molecule has 1 heterocycles. The summed E-state index contributed by atoms with van der Waals surface area (Å²) in [5.41, 5.74) is 1.37. The Hall–Kier alpha value is -0.865. The zero-order chi connectivity index (χ0) is 9.14. The van der Waals surface area contributed by atoms with Crippen molar-refractivity contribution in [2.24, 2.45) is 0 Å². The van der Waals surface area contributed by atoms with Crippen LogP contribution in [0.2, 0.25) is 0 Å². The highest BCUT2D eigenvalue weighted by Gasteiger charge is 2.13. The number of hydrogen-bond donors (Lipinski definition) is 2. The average molecular weight is 165 g/mol. The summed E-state index contributed by atoms with van der Waals surface area (Å²) in [6.45, 7) is 4.09. The summed E-state index contributed by atoms with van der Waals surface area (Å²) in [5.74, 6) is 0.380. The molecule has 0 saturated carbocycles. The maximum Gasteiger partial charge on any atom is 0.508 e. The molecule has 0 spiro atoms. The lowest BCUT2D eigenvalue weighted by atomic mass is 9.84. The van der Waals surface area contributed by atoms with E-state index in [1.807, 2.05) is 19.9 Å². The molecule has 0 aliphatic heterocycles. The second-order valence-corrected chi connectivity index (χ2v) is 3.04. The minimum absolute atomic E-state index is 0.307. The summed E-state index contributed by atoms with van der Waals surface area (Å²) in [6, 6.07) is 3.58. The predicted molar refractivity (Wildman–Crippen MR) is 48.2 cm³/mol. The molecule has 1 rings (SSSR count). The first-order valence-electron chi connectivity index (χ1n) is 3.93. The van der Waals surface area contributed by atoms with E-state index in [1.165, 1.54) is 0 Å². The molecule has 12 heavy (non-hydrogen) atoms. The van der Waals surface area contributed by atoms with Crippen molar-refractivity contribution in [1.82, 2.24) is 4.98 Å². The van der Waals surface area contributed by atoms with Crippen LogP contribution in [-0.4, -0.2) is 22.2 Å². The van der Waals surface area contributed by atoms with Crippen LogP contribution in [0.5, 0.6) is 0 Å². The van der Waals surface area contributed by atoms with Crippen molar-refractivity contribution in [2.45, 2.75) is 19.8 Å². The van der Waals surface area contributed by atoms with Gasteiger partial charge >= 0.3 is 7.12 Å². The van der Waals surface area contributed by atoms with E-state index >= 15 is 0 Å². The van der Waals surface area contributed by atoms with Crippen molar-refractivity contribution in [3.8, 4) is 0 Å². The van der Waals surface area contributed by atoms with Gasteiger partial charge in [0.15, 0.2) is 0 Å². The summed E-state index contributed by atoms with van der Waals surface area (Å²) in [5, 5.41) is 17.6. The van der Waals surface area contributed by atoms with E-state index in [2.05, 4.69) is 4.98 Å². The van der Waals surface area contributed by atoms with Gasteiger partial charge in [0.1, 0.15) is 0 Å². The van der Waals surface area contributed by atoms with Crippen LogP contribution in [-0.2, 0) is 0 Å². The van der Waals surface area contributed by atoms with Crippen LogP contribution < -0.4 is 5.59 Å². The van der Waals surface area contributed by atoms with Gasteiger partial charge in [-0.05, 0) is 23.6 Å². The number of aromatic nitrogens is 1. The molecule has 3 nitrogen and oxygen atoms in total. The van der Waals surface area contributed by atoms with Gasteiger partial charge in [-0.25, -0.2) is 0 Å². The Balaban J connectivity index is 2.96. The first kappa shape index (κ1) is 9.22. The maximum absolute atomic E-state index is 8.82. The average Bonchev–Trinajstić information content (AvgIpc) is 2.04. The van der Waals surface area contributed by atoms with Crippen LogP contribution in [0.25, 0.3) is 0 Å². The third kappa shape index (κ3) is 2.06. The van der Waals surface area contributed by atoms with E-state index in [1.54, 1.807) is 12.3 Å². The van der Waals surface area contributed by atoms with Crippen molar-refractivity contribution in [1.29, 1.82) is 0 Å². The number of rotatable bonds is 2. The molecule has 0 aliphatic rings. The zero-order valence-corrected chi connectivity index (χ0v) is 7.23. The molecule has 0 radical (unpaired) electrons. The van der Waals surface area contributed by atoms with Gasteiger partial charge in [-0.15, -0.1) is 0 Å². The third-order valence-corrected chi connectivity index (χ3v) is 1.74. The molecule has 0 amide bonds. The van der Waals surface area contributed by atoms with Crippen molar-refractivity contribution in [2.75, 3.05) is 0 Å². The molecule has 0 aliphatic carbocycles. The largest absolute Gasteiger partial charge is 0.508 e. The molecule has 0 fully saturated rings. The lowest BCUT2D eigenvalue weighted by Gasteiger charge is -2.06. The summed E-state index contributed by atoms with van der Waals surface area (Å²) in [6.07, 6.45) is 1.59. The van der Waals surface area contributed by atoms with Crippen LogP contribution in [0.1, 0.15) is 25.3 Å². The SMILES string of the molecule is CC(C)c1ccnc(B(O)O)c1. The van der Waals surface area contributed by atoms with Crippen LogP contribution in [0.15, 0.2) is 18.3 Å². The smallest absolute Gasteiger partial charge is 0.422 e. The van der Waals surface area contributed by atoms with Gasteiger partial charge in [0.05, 0.1) is 5.59 Å². The Morgan fingerprint density at radius 3 is 2.58 bits per heavy atom. The fraction of sp³-hybridized carbons (Fsp3) is 0.375. The predicted octanol–water partition coefficient (Wildman–Crippen LogP) is -0.115. The highest BCUT2D eigenvalue weighted by atomic mass is 16.4. The van der Waals surface area contributed by atoms with E-state index in [9.17, 15) is 0 Å². The first-order valence-corrected chi connectivity index (χ1v) is 3.93. The highest BCUT2D eigenvalue weighted by molar-refractivity contribution is 6.57. The van der Waals surface area contributed by atoms with Gasteiger partial charge in [-0.2, -0.15) is 0 Å². The molecule has 1 aromatic rings. The molecule has 0 aromatic carbocycles. The third-order valence-electron chi connectivity index (χ3n) is 1.74. The van der Waals surface area contributed by atoms with Crippen molar-refractivity contribution in [3.63, 3.8) is 0 Å². The number of nitrogens with zero attached hydrogens (tertiary/aromatic N) is 1. The lowest BCUT2D eigenvalue weighted by Crippen LogP contribution is -2.32. The van der Waals surface area contributed by atoms with Gasteiger partial charge in [0.2, 0.25) is 0 Å². The normalized spacial score (nSPS) is 10.4. The van der Waals surface area contributed by atoms with Crippen molar-refractivity contribution in [3.05, 3.63) is 23.9 Å². The first-order chi connectivity index (χ1) is 5.61. The highest BCUT2D eigenvalue weighted by Crippen LogP contribution is 2.10. The van der Waals surface area contributed by atoms with Gasteiger partial charge in [-0.1, -0.05) is 13.8 Å². The Morgan fingerprint density at radius 2 is 2.08 bits per heavy atom. The van der Waals surface area contributed by atoms with Gasteiger partial charge < -0.3 is 10.0 Å². The van der Waals surface area contributed by atoms with E-state index in [0.29, 0.717) is 11.5 Å². The molecule has 64 valence electrons. The van der Waals surface area contributed by atoms with Crippen LogP contribution in [0, 0.1) is 0 Å². The minimum Gasteiger partial charge on any atom is -0.422 e. The molecule has 1 aromatic heterocycles. The van der Waals surface area contributed by atoms with E-state index in [0.717, 1.165) is 5.56 Å². The van der Waals surface area contributed by atoms with Crippen LogP contribution >= 0.6 is 0 Å². The molecule has 0 bridgehead atoms. The molecule has 4 heteroatoms. The molecule has 0 unspecified atom stereocenters. The van der Waals surface area contributed by atoms with Crippen LogP contribution in [0.4, 0.5) is 0 Å². The van der Waals surface area contributed by atoms with Gasteiger partial charge in [-0.3, -0.25) is 4.98 Å². The lowest BCUT2D eigenvalue weighted by molar-refractivity contribution is 0.424. The van der Waals surface area contributed by atoms with Crippen molar-refractivity contribution < 1.29 is 10.0 Å². The van der Waals surface area contributed by atoms with E-state index in [4.69, 9.17) is 10.0 Å². The standard InChI is InChI=1S/C8H12BNO2/c1-6(2)7-3-4-10-8(5-7)9(11)12/h3-6,11-12H,1-2H3. The molecule has 0 saturated heterocycles. The summed E-state index contributed by atoms with van der Waals surface area (Å²) >= 11 is 0. The van der Waals surface area contributed by atoms with Gasteiger partial charge in [0.25, 0.3) is 0 Å². The second kappa shape index (κ2) is 3.69. The minimum atomic E-state index is -1.47. The fourth-order valence-corrected chi connectivity index (χ4v) is 0.966.